The summed E-state index contributed by atoms with van der Waals surface area (Å²) in [6, 6.07) is 97.5. The molecule has 0 unspecified atom stereocenters. The minimum Gasteiger partial charge on any atom is -0.399 e. The van der Waals surface area contributed by atoms with Crippen LogP contribution in [0, 0.1) is 10.1 Å². The average molecular weight is 2070 g/mol. The predicted octanol–water partition coefficient (Wildman–Crippen LogP) is 29.3. The van der Waals surface area contributed by atoms with Crippen molar-refractivity contribution in [2.45, 2.75) is 4.90 Å². The molecule has 14 aromatic carbocycles. The van der Waals surface area contributed by atoms with E-state index in [1.165, 1.54) is 48.9 Å². The fourth-order valence-electron chi connectivity index (χ4n) is 15.0. The fourth-order valence-corrected chi connectivity index (χ4v) is 17.5. The second-order valence-electron chi connectivity index (χ2n) is 31.3. The number of nitrogen functional groups attached to an aromatic ring is 1. The Hall–Kier alpha value is -15.7. The van der Waals surface area contributed by atoms with E-state index in [4.69, 9.17) is 110 Å². The summed E-state index contributed by atoms with van der Waals surface area (Å²) in [5.74, 6) is -1.74. The van der Waals surface area contributed by atoms with Crippen LogP contribution in [0.15, 0.2) is 376 Å². The molecular weight excluding hydrogens is 2000 g/mol. The number of carbonyl (C=O) groups is 5. The molecule has 6 aromatic heterocycles. The highest BCUT2D eigenvalue weighted by Crippen LogP contribution is 2.41. The van der Waals surface area contributed by atoms with Crippen LogP contribution in [0.1, 0.15) is 51.8 Å². The normalized spacial score (nSPS) is 10.9. The highest BCUT2D eigenvalue weighted by Gasteiger charge is 2.23. The van der Waals surface area contributed by atoms with E-state index in [9.17, 15) is 42.5 Å². The van der Waals surface area contributed by atoms with Crippen molar-refractivity contribution in [2.24, 2.45) is 0 Å². The summed E-state index contributed by atoms with van der Waals surface area (Å²) in [5, 5.41) is 37.6. The van der Waals surface area contributed by atoms with Gasteiger partial charge in [0, 0.05) is 144 Å². The van der Waals surface area contributed by atoms with Gasteiger partial charge < -0.3 is 32.3 Å². The molecule has 7 N–H and O–H groups in total. The number of nitro benzene ring substituents is 1. The number of amides is 5. The molecule has 0 saturated heterocycles. The van der Waals surface area contributed by atoms with E-state index >= 15 is 0 Å². The molecule has 700 valence electrons. The molecule has 0 aliphatic heterocycles. The number of rotatable bonds is 17. The molecule has 6 heterocycles. The third-order valence-electron chi connectivity index (χ3n) is 21.9. The number of nitrogens with one attached hydrogen (secondary N) is 5. The summed E-state index contributed by atoms with van der Waals surface area (Å²) >= 11 is 56.2. The number of carbonyl (C=O) groups excluding carboxylic acids is 5. The number of non-ortho nitro benzene ring substituents is 1. The van der Waals surface area contributed by atoms with E-state index in [-0.39, 0.29) is 44.8 Å². The lowest BCUT2D eigenvalue weighted by molar-refractivity contribution is -0.384. The summed E-state index contributed by atoms with van der Waals surface area (Å²) in [5.41, 5.74) is 18.5. The maximum atomic E-state index is 12.6. The number of nitrogens with two attached hydrogens (primary N) is 1. The van der Waals surface area contributed by atoms with Gasteiger partial charge in [-0.05, 0) is 216 Å². The number of pyridine rings is 5. The second kappa shape index (κ2) is 45.1. The van der Waals surface area contributed by atoms with Crippen molar-refractivity contribution in [3.63, 3.8) is 0 Å². The molecule has 0 bridgehead atoms. The lowest BCUT2D eigenvalue weighted by Crippen LogP contribution is -2.12. The number of sulfone groups is 1. The molecular formula is C109H71Cl9N14O9S. The van der Waals surface area contributed by atoms with Crippen LogP contribution in [-0.4, -0.2) is 84.0 Å². The molecule has 33 heteroatoms. The zero-order chi connectivity index (χ0) is 99.8. The SMILES string of the molecule is CS(=O)(=O)c1ccc(C(=O)Nc2ccc(Cl)c(-c3nccc4ccccc34)c2)cc1.Nc1ccc(C(=O)Nc2ccc(Cl)c(-c3nccc4ccccc34)c2)c(Cl)c1.O=C(Nc1ccc(Cl)c(-c2nccc3ccccc23)c1)c1ccc([N+](=O)[O-])cc1Cl.O=C(Nc1ccc(Cl)c(-c2nccc3ccccc23)c1)c1ccccc1Cl.O=C(Nc1ccc(Cl)c(-c2ncnc3ccccc23)c1)c1ccc(Cl)nc1. The van der Waals surface area contributed by atoms with Crippen LogP contribution in [0.4, 0.5) is 39.8 Å². The second-order valence-corrected chi connectivity index (χ2v) is 37.0. The Bertz CT molecular complexity index is 8430. The average Bonchev–Trinajstić information content (AvgIpc) is 0.799. The summed E-state index contributed by atoms with van der Waals surface area (Å²) in [4.78, 5) is 104. The number of halogens is 9. The molecule has 0 spiro atoms. The maximum Gasteiger partial charge on any atom is 0.270 e. The standard InChI is InChI=1S/C23H17ClN2O3S.C22H13Cl2N3O3.C22H15Cl2N3O.C22H14Cl2N2O.C20H12Cl2N4O/c1-30(28,29)18-9-6-16(7-10-18)23(27)26-17-8-11-21(24)20(14-17)22-19-5-3-2-4-15(19)12-13-25-22;23-19-8-5-14(26-22(28)17-7-6-15(27(29)30)12-20(17)24)11-18(19)21-16-4-2-1-3-13(16)9-10-25-21;23-19-8-6-15(27-22(28)17-7-5-14(25)11-20(17)24)12-18(19)21-16-4-2-1-3-13(16)9-10-26-21;23-19-8-4-3-7-17(19)22(27)26-15-9-10-20(24)18(13-15)21-16-6-2-1-5-14(16)11-12-25-21;21-16-7-6-13(26-20(27)12-5-8-18(22)23-10-12)9-15(16)19-14-3-1-2-4-17(14)24-11-25-19/h2-14H,1H3,(H,26,27);1-12H,(H,26,28);1-12H,25H2,(H,27,28);1-13H,(H,26,27);1-11H,(H,26,27). The first-order valence-electron chi connectivity index (χ1n) is 42.8. The Kier molecular flexibility index (Phi) is 31.5. The Morgan fingerprint density at radius 2 is 0.634 bits per heavy atom. The van der Waals surface area contributed by atoms with Crippen molar-refractivity contribution >= 4 is 238 Å². The smallest absolute Gasteiger partial charge is 0.270 e. The topological polar surface area (TPSA) is 339 Å². The Morgan fingerprint density at radius 1 is 0.303 bits per heavy atom. The molecule has 0 atom stereocenters. The lowest BCUT2D eigenvalue weighted by Gasteiger charge is -2.12. The van der Waals surface area contributed by atoms with Gasteiger partial charge in [-0.2, -0.15) is 0 Å². The quantitative estimate of drug-likeness (QED) is 0.0213. The third kappa shape index (κ3) is 23.9. The largest absolute Gasteiger partial charge is 0.399 e. The van der Waals surface area contributed by atoms with Gasteiger partial charge >= 0.3 is 0 Å². The van der Waals surface area contributed by atoms with Crippen molar-refractivity contribution in [3.8, 4) is 56.3 Å². The van der Waals surface area contributed by atoms with Gasteiger partial charge in [0.1, 0.15) is 11.5 Å². The Morgan fingerprint density at radius 3 is 1.00 bits per heavy atom. The molecule has 0 radical (unpaired) electrons. The van der Waals surface area contributed by atoms with Gasteiger partial charge in [0.2, 0.25) is 0 Å². The number of nitrogens with zero attached hydrogens (tertiary/aromatic N) is 8. The number of hydrogen-bond acceptors (Lipinski definition) is 17. The molecule has 0 saturated carbocycles. The minimum absolute atomic E-state index is 0.00777. The van der Waals surface area contributed by atoms with Crippen LogP contribution in [0.3, 0.4) is 0 Å². The van der Waals surface area contributed by atoms with Gasteiger partial charge in [-0.25, -0.2) is 23.4 Å². The Balaban J connectivity index is 0.000000128. The van der Waals surface area contributed by atoms with E-state index in [0.717, 1.165) is 94.5 Å². The number of fused-ring (bicyclic) bond motifs is 5. The molecule has 142 heavy (non-hydrogen) atoms. The molecule has 20 aromatic rings. The number of para-hydroxylation sites is 1. The van der Waals surface area contributed by atoms with E-state index in [2.05, 4.69) is 61.5 Å². The molecule has 5 amide bonds. The van der Waals surface area contributed by atoms with Crippen molar-refractivity contribution in [1.29, 1.82) is 0 Å². The minimum atomic E-state index is -3.32. The van der Waals surface area contributed by atoms with Crippen molar-refractivity contribution in [3.05, 3.63) is 454 Å². The first kappa shape index (κ1) is 99.3. The van der Waals surface area contributed by atoms with Crippen LogP contribution in [0.25, 0.3) is 110 Å². The molecule has 0 aliphatic carbocycles. The van der Waals surface area contributed by atoms with Crippen LogP contribution in [-0.2, 0) is 9.84 Å². The van der Waals surface area contributed by atoms with Crippen LogP contribution in [0.2, 0.25) is 45.3 Å². The van der Waals surface area contributed by atoms with E-state index in [1.54, 1.807) is 164 Å². The van der Waals surface area contributed by atoms with E-state index in [1.807, 2.05) is 152 Å². The number of benzene rings is 14. The third-order valence-corrected chi connectivity index (χ3v) is 25.9. The first-order chi connectivity index (χ1) is 68.5. The molecule has 0 aliphatic rings. The molecule has 23 nitrogen and oxygen atoms in total. The van der Waals surface area contributed by atoms with Crippen LogP contribution < -0.4 is 32.3 Å². The number of aromatic nitrogens is 7. The first-order valence-corrected chi connectivity index (χ1v) is 48.1. The molecule has 0 fully saturated rings. The summed E-state index contributed by atoms with van der Waals surface area (Å²) in [6.45, 7) is 0. The van der Waals surface area contributed by atoms with Crippen molar-refractivity contribution in [1.82, 2.24) is 34.9 Å². The van der Waals surface area contributed by atoms with Gasteiger partial charge in [0.15, 0.2) is 9.84 Å². The van der Waals surface area contributed by atoms with Crippen molar-refractivity contribution in [2.75, 3.05) is 38.6 Å². The highest BCUT2D eigenvalue weighted by molar-refractivity contribution is 7.90. The zero-order valence-electron chi connectivity index (χ0n) is 73.9. The monoisotopic (exact) mass is 2070 g/mol. The lowest BCUT2D eigenvalue weighted by atomic mass is 10.0. The number of hydrogen-bond donors (Lipinski definition) is 6. The van der Waals surface area contributed by atoms with E-state index in [0.29, 0.717) is 125 Å². The summed E-state index contributed by atoms with van der Waals surface area (Å²) < 4.78 is 23.2. The fraction of sp³-hybridized carbons (Fsp3) is 0.00917. The van der Waals surface area contributed by atoms with Gasteiger partial charge in [0.25, 0.3) is 35.2 Å². The molecule has 20 rings (SSSR count). The summed E-state index contributed by atoms with van der Waals surface area (Å²) in [7, 11) is -3.32. The van der Waals surface area contributed by atoms with Crippen molar-refractivity contribution < 1.29 is 37.3 Å². The maximum absolute atomic E-state index is 12.6. The zero-order valence-corrected chi connectivity index (χ0v) is 81.5. The van der Waals surface area contributed by atoms with E-state index < -0.39 is 20.7 Å². The predicted molar refractivity (Wildman–Crippen MR) is 573 cm³/mol. The van der Waals surface area contributed by atoms with Gasteiger partial charge in [-0.15, -0.1) is 0 Å². The number of nitro groups is 1. The van der Waals surface area contributed by atoms with Gasteiger partial charge in [0.05, 0.1) is 106 Å². The van der Waals surface area contributed by atoms with Crippen LogP contribution in [0.5, 0.6) is 0 Å². The summed E-state index contributed by atoms with van der Waals surface area (Å²) in [6.07, 6.45) is 11.0. The highest BCUT2D eigenvalue weighted by atomic mass is 35.5. The number of anilines is 6. The van der Waals surface area contributed by atoms with Crippen LogP contribution >= 0.6 is 104 Å². The Labute approximate surface area is 856 Å². The van der Waals surface area contributed by atoms with Gasteiger partial charge in [-0.3, -0.25) is 54.0 Å². The van der Waals surface area contributed by atoms with Gasteiger partial charge in [-0.1, -0.05) is 232 Å².